The van der Waals surface area contributed by atoms with E-state index in [2.05, 4.69) is 14.7 Å². The van der Waals surface area contributed by atoms with Crippen LogP contribution in [0.1, 0.15) is 11.3 Å². The summed E-state index contributed by atoms with van der Waals surface area (Å²) in [6, 6.07) is 12.4. The van der Waals surface area contributed by atoms with Crippen molar-refractivity contribution in [1.82, 2.24) is 19.6 Å². The molecule has 1 aromatic carbocycles. The Balaban J connectivity index is 1.35. The quantitative estimate of drug-likeness (QED) is 0.695. The number of sulfonamides is 1. The molecule has 1 N–H and O–H groups in total. The summed E-state index contributed by atoms with van der Waals surface area (Å²) in [5, 5.41) is 2.84. The lowest BCUT2D eigenvalue weighted by molar-refractivity contribution is -0.121. The van der Waals surface area contributed by atoms with E-state index in [1.165, 1.54) is 6.07 Å². The molecule has 2 aromatic heterocycles. The topological polar surface area (TPSA) is 96.1 Å². The number of aromatic nitrogens is 2. The zero-order chi connectivity index (χ0) is 19.7. The first-order valence-electron chi connectivity index (χ1n) is 8.79. The number of rotatable bonds is 5. The van der Waals surface area contributed by atoms with Gasteiger partial charge in [0.15, 0.2) is 5.84 Å². The van der Waals surface area contributed by atoms with E-state index in [1.807, 2.05) is 35.0 Å². The highest BCUT2D eigenvalue weighted by molar-refractivity contribution is 7.90. The number of likely N-dealkylation sites (N-methyl/N-ethyl adjacent to an activating group) is 1. The molecular weight excluding hydrogens is 378 g/mol. The van der Waals surface area contributed by atoms with Gasteiger partial charge in [0.25, 0.3) is 10.0 Å². The third-order valence-electron chi connectivity index (χ3n) is 4.47. The molecule has 0 unspecified atom stereocenters. The number of hydrogen-bond donors (Lipinski definition) is 1. The molecule has 3 aromatic rings. The average molecular weight is 397 g/mol. The summed E-state index contributed by atoms with van der Waals surface area (Å²) in [6.45, 7) is 0.450. The molecule has 1 amide bonds. The van der Waals surface area contributed by atoms with Crippen molar-refractivity contribution in [2.45, 2.75) is 11.3 Å². The number of nitrogens with zero attached hydrogens (tertiary/aromatic N) is 4. The van der Waals surface area contributed by atoms with Crippen LogP contribution in [0.3, 0.4) is 0 Å². The standard InChI is InChI=1S/C19H19N5O3S/c1-23(19-15-6-2-3-7-16(15)28(26,27)22-19)13-18(25)20-10-9-14-12-24-11-5-4-8-17(24)21-14/h2-8,11-12H,9-10,13H2,1H3,(H,20,25). The summed E-state index contributed by atoms with van der Waals surface area (Å²) in [5.41, 5.74) is 2.27. The van der Waals surface area contributed by atoms with Crippen LogP contribution in [0, 0.1) is 0 Å². The molecule has 8 nitrogen and oxygen atoms in total. The fraction of sp³-hybridized carbons (Fsp3) is 0.211. The summed E-state index contributed by atoms with van der Waals surface area (Å²) in [5.74, 6) is 0.0712. The first-order chi connectivity index (χ1) is 13.4. The number of amides is 1. The van der Waals surface area contributed by atoms with Gasteiger partial charge in [-0.1, -0.05) is 18.2 Å². The zero-order valence-corrected chi connectivity index (χ0v) is 16.1. The molecule has 0 spiro atoms. The lowest BCUT2D eigenvalue weighted by Gasteiger charge is -2.18. The number of amidine groups is 1. The molecule has 0 radical (unpaired) electrons. The van der Waals surface area contributed by atoms with E-state index in [-0.39, 0.29) is 23.2 Å². The molecule has 4 rings (SSSR count). The van der Waals surface area contributed by atoms with E-state index < -0.39 is 10.0 Å². The van der Waals surface area contributed by atoms with Gasteiger partial charge in [-0.25, -0.2) is 4.98 Å². The number of nitrogens with one attached hydrogen (secondary N) is 1. The van der Waals surface area contributed by atoms with Crippen molar-refractivity contribution in [3.63, 3.8) is 0 Å². The summed E-state index contributed by atoms with van der Waals surface area (Å²) in [7, 11) is -2.05. The van der Waals surface area contributed by atoms with E-state index in [1.54, 1.807) is 30.1 Å². The smallest absolute Gasteiger partial charge is 0.285 e. The number of imidazole rings is 1. The van der Waals surface area contributed by atoms with Gasteiger partial charge in [-0.15, -0.1) is 4.40 Å². The number of benzene rings is 1. The molecule has 0 saturated carbocycles. The van der Waals surface area contributed by atoms with E-state index in [4.69, 9.17) is 0 Å². The molecule has 0 aliphatic carbocycles. The summed E-state index contributed by atoms with van der Waals surface area (Å²) in [4.78, 5) is 18.5. The summed E-state index contributed by atoms with van der Waals surface area (Å²) in [6.07, 6.45) is 4.46. The van der Waals surface area contributed by atoms with Gasteiger partial charge in [-0.05, 0) is 24.3 Å². The fourth-order valence-electron chi connectivity index (χ4n) is 3.15. The Kier molecular flexibility index (Phi) is 4.60. The molecule has 144 valence electrons. The van der Waals surface area contributed by atoms with Gasteiger partial charge in [0.05, 0.1) is 12.2 Å². The van der Waals surface area contributed by atoms with Gasteiger partial charge >= 0.3 is 0 Å². The molecule has 9 heteroatoms. The first kappa shape index (κ1) is 18.2. The minimum Gasteiger partial charge on any atom is -0.354 e. The van der Waals surface area contributed by atoms with E-state index in [9.17, 15) is 13.2 Å². The molecule has 0 saturated heterocycles. The van der Waals surface area contributed by atoms with E-state index >= 15 is 0 Å². The van der Waals surface area contributed by atoms with Gasteiger partial charge in [-0.2, -0.15) is 8.42 Å². The van der Waals surface area contributed by atoms with Crippen LogP contribution >= 0.6 is 0 Å². The van der Waals surface area contributed by atoms with Crippen LogP contribution in [0.15, 0.2) is 64.2 Å². The highest BCUT2D eigenvalue weighted by Crippen LogP contribution is 2.26. The maximum absolute atomic E-state index is 12.3. The predicted molar refractivity (Wildman–Crippen MR) is 105 cm³/mol. The van der Waals surface area contributed by atoms with Gasteiger partial charge in [0.2, 0.25) is 5.91 Å². The second-order valence-corrected chi connectivity index (χ2v) is 8.11. The lowest BCUT2D eigenvalue weighted by atomic mass is 10.2. The van der Waals surface area contributed by atoms with Crippen LogP contribution in [0.25, 0.3) is 5.65 Å². The first-order valence-corrected chi connectivity index (χ1v) is 10.2. The van der Waals surface area contributed by atoms with Crippen molar-refractivity contribution >= 4 is 27.4 Å². The lowest BCUT2D eigenvalue weighted by Crippen LogP contribution is -2.39. The van der Waals surface area contributed by atoms with Crippen molar-refractivity contribution in [1.29, 1.82) is 0 Å². The Morgan fingerprint density at radius 2 is 1.96 bits per heavy atom. The van der Waals surface area contributed by atoms with Gasteiger partial charge in [-0.3, -0.25) is 4.79 Å². The van der Waals surface area contributed by atoms with Gasteiger partial charge in [0, 0.05) is 38.0 Å². The molecule has 0 fully saturated rings. The number of carbonyl (C=O) groups is 1. The maximum Gasteiger partial charge on any atom is 0.285 e. The Bertz CT molecular complexity index is 1150. The summed E-state index contributed by atoms with van der Waals surface area (Å²) < 4.78 is 30.0. The second kappa shape index (κ2) is 7.08. The minimum absolute atomic E-state index is 0.00779. The highest BCUT2D eigenvalue weighted by Gasteiger charge is 2.30. The third-order valence-corrected chi connectivity index (χ3v) is 5.80. The molecular formula is C19H19N5O3S. The Labute approximate surface area is 162 Å². The Morgan fingerprint density at radius 3 is 2.79 bits per heavy atom. The highest BCUT2D eigenvalue weighted by atomic mass is 32.2. The van der Waals surface area contributed by atoms with E-state index in [0.717, 1.165) is 11.3 Å². The molecule has 3 heterocycles. The van der Waals surface area contributed by atoms with Crippen LogP contribution in [0.5, 0.6) is 0 Å². The molecule has 0 bridgehead atoms. The number of fused-ring (bicyclic) bond motifs is 2. The Morgan fingerprint density at radius 1 is 1.18 bits per heavy atom. The number of carbonyl (C=O) groups excluding carboxylic acids is 1. The van der Waals surface area contributed by atoms with E-state index in [0.29, 0.717) is 18.5 Å². The molecule has 28 heavy (non-hydrogen) atoms. The molecule has 1 aliphatic heterocycles. The third kappa shape index (κ3) is 3.48. The summed E-state index contributed by atoms with van der Waals surface area (Å²) >= 11 is 0. The van der Waals surface area contributed by atoms with Crippen molar-refractivity contribution < 1.29 is 13.2 Å². The maximum atomic E-state index is 12.3. The van der Waals surface area contributed by atoms with Crippen molar-refractivity contribution in [3.05, 3.63) is 66.1 Å². The largest absolute Gasteiger partial charge is 0.354 e. The monoisotopic (exact) mass is 397 g/mol. The SMILES string of the molecule is CN(CC(=O)NCCc1cn2ccccc2n1)C1=NS(=O)(=O)c2ccccc21. The van der Waals surface area contributed by atoms with Crippen molar-refractivity contribution in [3.8, 4) is 0 Å². The Hall–Kier alpha value is -3.20. The zero-order valence-electron chi connectivity index (χ0n) is 15.2. The normalized spacial score (nSPS) is 14.5. The van der Waals surface area contributed by atoms with Gasteiger partial charge in [0.1, 0.15) is 10.5 Å². The second-order valence-electron chi connectivity index (χ2n) is 6.54. The average Bonchev–Trinajstić information content (AvgIpc) is 3.20. The van der Waals surface area contributed by atoms with Crippen LogP contribution < -0.4 is 5.32 Å². The fourth-order valence-corrected chi connectivity index (χ4v) is 4.40. The predicted octanol–water partition coefficient (Wildman–Crippen LogP) is 1.07. The minimum atomic E-state index is -3.70. The van der Waals surface area contributed by atoms with Gasteiger partial charge < -0.3 is 14.6 Å². The van der Waals surface area contributed by atoms with Crippen LogP contribution in [-0.4, -0.2) is 54.6 Å². The number of pyridine rings is 1. The molecule has 0 atom stereocenters. The number of hydrogen-bond acceptors (Lipinski definition) is 5. The van der Waals surface area contributed by atoms with Crippen LogP contribution in [-0.2, 0) is 21.2 Å². The van der Waals surface area contributed by atoms with Crippen molar-refractivity contribution in [2.24, 2.45) is 4.40 Å². The van der Waals surface area contributed by atoms with Crippen molar-refractivity contribution in [2.75, 3.05) is 20.1 Å². The van der Waals surface area contributed by atoms with Crippen LogP contribution in [0.4, 0.5) is 0 Å². The van der Waals surface area contributed by atoms with Crippen LogP contribution in [0.2, 0.25) is 0 Å². The molecule has 1 aliphatic rings.